The molecule has 0 atom stereocenters. The van der Waals surface area contributed by atoms with Crippen molar-refractivity contribution in [3.8, 4) is 0 Å². The van der Waals surface area contributed by atoms with E-state index < -0.39 is 6.09 Å². The van der Waals surface area contributed by atoms with Crippen LogP contribution in [0.1, 0.15) is 11.4 Å². The van der Waals surface area contributed by atoms with Crippen LogP contribution in [0.25, 0.3) is 21.9 Å². The van der Waals surface area contributed by atoms with E-state index >= 15 is 0 Å². The van der Waals surface area contributed by atoms with E-state index in [1.165, 1.54) is 12.1 Å². The Bertz CT molecular complexity index is 1630. The zero-order valence-electron chi connectivity index (χ0n) is 21.3. The van der Waals surface area contributed by atoms with Crippen LogP contribution in [0.5, 0.6) is 0 Å². The van der Waals surface area contributed by atoms with Crippen LogP contribution in [-0.4, -0.2) is 47.3 Å². The molecule has 0 unspecified atom stereocenters. The highest BCUT2D eigenvalue weighted by molar-refractivity contribution is 6.09. The number of rotatable bonds is 6. The van der Waals surface area contributed by atoms with Gasteiger partial charge in [-0.25, -0.2) is 19.2 Å². The molecule has 1 saturated heterocycles. The molecule has 0 bridgehead atoms. The second kappa shape index (κ2) is 10.6. The number of carbonyl (C=O) groups excluding carboxylic acids is 1. The molecule has 0 aliphatic carbocycles. The molecule has 6 rings (SSSR count). The van der Waals surface area contributed by atoms with E-state index in [-0.39, 0.29) is 12.4 Å². The van der Waals surface area contributed by atoms with Crippen molar-refractivity contribution in [2.75, 3.05) is 41.8 Å². The maximum absolute atomic E-state index is 13.0. The van der Waals surface area contributed by atoms with Crippen LogP contribution in [0.2, 0.25) is 0 Å². The van der Waals surface area contributed by atoms with Crippen molar-refractivity contribution in [3.63, 3.8) is 0 Å². The summed E-state index contributed by atoms with van der Waals surface area (Å²) in [6.07, 6.45) is -0.595. The van der Waals surface area contributed by atoms with Crippen LogP contribution in [0.3, 0.4) is 0 Å². The van der Waals surface area contributed by atoms with Gasteiger partial charge in [0.25, 0.3) is 0 Å². The highest BCUT2D eigenvalue weighted by Crippen LogP contribution is 2.32. The molecular formula is C29H27FN6O3. The van der Waals surface area contributed by atoms with Gasteiger partial charge in [-0.15, -0.1) is 0 Å². The highest BCUT2D eigenvalue weighted by Gasteiger charge is 2.16. The Hall–Kier alpha value is -4.70. The molecule has 5 aromatic rings. The molecule has 1 aliphatic heterocycles. The number of fused-ring (bicyclic) bond motifs is 3. The van der Waals surface area contributed by atoms with Crippen LogP contribution in [0.4, 0.5) is 32.1 Å². The molecule has 0 spiro atoms. The molecular weight excluding hydrogens is 499 g/mol. The standard InChI is InChI=1S/C29H27FN6O3/c1-18-31-26-24-11-10-23(36-12-14-38-15-13-36)16-25(24)35-27(26)28(32-18)33-21-6-8-22(9-7-21)34-29(37)39-17-19-2-4-20(30)5-3-19/h2-11,16,35H,12-15,17H2,1H3,(H,34,37)(H,31,32,33). The number of amides is 1. The van der Waals surface area contributed by atoms with Crippen LogP contribution >= 0.6 is 0 Å². The average Bonchev–Trinajstić information content (AvgIpc) is 3.32. The number of benzene rings is 3. The lowest BCUT2D eigenvalue weighted by Gasteiger charge is -2.28. The number of morpholine rings is 1. The Morgan fingerprint density at radius 3 is 2.54 bits per heavy atom. The van der Waals surface area contributed by atoms with Gasteiger partial charge in [-0.05, 0) is 67.1 Å². The van der Waals surface area contributed by atoms with Gasteiger partial charge in [0.1, 0.15) is 29.3 Å². The molecule has 3 N–H and O–H groups in total. The summed E-state index contributed by atoms with van der Waals surface area (Å²) >= 11 is 0. The fourth-order valence-electron chi connectivity index (χ4n) is 4.63. The van der Waals surface area contributed by atoms with Crippen LogP contribution in [0, 0.1) is 12.7 Å². The SMILES string of the molecule is Cc1nc(Nc2ccc(NC(=O)OCc3ccc(F)cc3)cc2)c2[nH]c3cc(N4CCOCC4)ccc3c2n1. The first-order valence-corrected chi connectivity index (χ1v) is 12.7. The third kappa shape index (κ3) is 5.46. The Morgan fingerprint density at radius 1 is 1.03 bits per heavy atom. The first-order chi connectivity index (χ1) is 19.0. The van der Waals surface area contributed by atoms with Gasteiger partial charge in [0.05, 0.1) is 18.7 Å². The van der Waals surface area contributed by atoms with Gasteiger partial charge in [-0.3, -0.25) is 5.32 Å². The van der Waals surface area contributed by atoms with Crippen LogP contribution in [-0.2, 0) is 16.1 Å². The van der Waals surface area contributed by atoms with Crippen molar-refractivity contribution in [2.45, 2.75) is 13.5 Å². The summed E-state index contributed by atoms with van der Waals surface area (Å²) in [4.78, 5) is 27.3. The topological polar surface area (TPSA) is 104 Å². The number of hydrogen-bond acceptors (Lipinski definition) is 7. The van der Waals surface area contributed by atoms with Crippen LogP contribution in [0.15, 0.2) is 66.7 Å². The number of H-pyrrole nitrogens is 1. The lowest BCUT2D eigenvalue weighted by Crippen LogP contribution is -2.36. The Balaban J connectivity index is 1.17. The third-order valence-corrected chi connectivity index (χ3v) is 6.59. The molecule has 10 heteroatoms. The molecule has 1 amide bonds. The number of aromatic nitrogens is 3. The van der Waals surface area contributed by atoms with E-state index in [1.807, 2.05) is 19.1 Å². The van der Waals surface area contributed by atoms with E-state index in [2.05, 4.69) is 43.7 Å². The van der Waals surface area contributed by atoms with Gasteiger partial charge in [0.15, 0.2) is 5.82 Å². The molecule has 0 radical (unpaired) electrons. The molecule has 198 valence electrons. The largest absolute Gasteiger partial charge is 0.444 e. The van der Waals surface area contributed by atoms with Gasteiger partial charge < -0.3 is 24.7 Å². The number of ether oxygens (including phenoxy) is 2. The number of carbonyl (C=O) groups is 1. The summed E-state index contributed by atoms with van der Waals surface area (Å²) in [6, 6.07) is 19.4. The quantitative estimate of drug-likeness (QED) is 0.254. The van der Waals surface area contributed by atoms with Gasteiger partial charge in [-0.1, -0.05) is 12.1 Å². The second-order valence-electron chi connectivity index (χ2n) is 9.33. The molecule has 1 fully saturated rings. The molecule has 1 aliphatic rings. The third-order valence-electron chi connectivity index (χ3n) is 6.59. The minimum atomic E-state index is -0.595. The number of nitrogens with zero attached hydrogens (tertiary/aromatic N) is 3. The van der Waals surface area contributed by atoms with E-state index in [1.54, 1.807) is 24.3 Å². The maximum atomic E-state index is 13.0. The number of halogens is 1. The van der Waals surface area contributed by atoms with Gasteiger partial charge in [0.2, 0.25) is 0 Å². The summed E-state index contributed by atoms with van der Waals surface area (Å²) in [5, 5.41) is 7.11. The number of anilines is 4. The predicted octanol–water partition coefficient (Wildman–Crippen LogP) is 5.89. The summed E-state index contributed by atoms with van der Waals surface area (Å²) in [5.74, 6) is 0.989. The summed E-state index contributed by atoms with van der Waals surface area (Å²) in [5.41, 5.74) is 5.90. The molecule has 9 nitrogen and oxygen atoms in total. The number of hydrogen-bond donors (Lipinski definition) is 3. The van der Waals surface area contributed by atoms with Crippen LogP contribution < -0.4 is 15.5 Å². The molecule has 39 heavy (non-hydrogen) atoms. The number of aryl methyl sites for hydroxylation is 1. The van der Waals surface area contributed by atoms with Gasteiger partial charge in [-0.2, -0.15) is 0 Å². The van der Waals surface area contributed by atoms with E-state index in [0.29, 0.717) is 22.9 Å². The second-order valence-corrected chi connectivity index (χ2v) is 9.33. The minimum absolute atomic E-state index is 0.0489. The van der Waals surface area contributed by atoms with E-state index in [9.17, 15) is 9.18 Å². The Kier molecular flexibility index (Phi) is 6.68. The van der Waals surface area contributed by atoms with Gasteiger partial charge in [0, 0.05) is 35.5 Å². The normalized spacial score (nSPS) is 13.5. The fourth-order valence-corrected chi connectivity index (χ4v) is 4.63. The molecule has 0 saturated carbocycles. The van der Waals surface area contributed by atoms with Crippen molar-refractivity contribution < 1.29 is 18.7 Å². The highest BCUT2D eigenvalue weighted by atomic mass is 19.1. The lowest BCUT2D eigenvalue weighted by molar-refractivity contribution is 0.122. The Labute approximate surface area is 224 Å². The van der Waals surface area contributed by atoms with Gasteiger partial charge >= 0.3 is 6.09 Å². The van der Waals surface area contributed by atoms with Crippen molar-refractivity contribution in [1.29, 1.82) is 0 Å². The molecule has 3 aromatic carbocycles. The zero-order valence-corrected chi connectivity index (χ0v) is 21.3. The number of nitrogens with one attached hydrogen (secondary N) is 3. The molecule has 2 aromatic heterocycles. The predicted molar refractivity (Wildman–Crippen MR) is 149 cm³/mol. The van der Waals surface area contributed by atoms with E-state index in [4.69, 9.17) is 14.5 Å². The van der Waals surface area contributed by atoms with Crippen molar-refractivity contribution in [3.05, 3.63) is 83.9 Å². The summed E-state index contributed by atoms with van der Waals surface area (Å²) in [6.45, 7) is 5.12. The zero-order chi connectivity index (χ0) is 26.8. The monoisotopic (exact) mass is 526 g/mol. The van der Waals surface area contributed by atoms with Crippen molar-refractivity contribution in [2.24, 2.45) is 0 Å². The minimum Gasteiger partial charge on any atom is -0.444 e. The fraction of sp³-hybridized carbons (Fsp3) is 0.207. The smallest absolute Gasteiger partial charge is 0.411 e. The summed E-state index contributed by atoms with van der Waals surface area (Å²) < 4.78 is 23.7. The Morgan fingerprint density at radius 2 is 1.77 bits per heavy atom. The average molecular weight is 527 g/mol. The molecule has 3 heterocycles. The first-order valence-electron chi connectivity index (χ1n) is 12.7. The number of aromatic amines is 1. The maximum Gasteiger partial charge on any atom is 0.411 e. The summed E-state index contributed by atoms with van der Waals surface area (Å²) in [7, 11) is 0. The van der Waals surface area contributed by atoms with Crippen molar-refractivity contribution in [1.82, 2.24) is 15.0 Å². The lowest BCUT2D eigenvalue weighted by atomic mass is 10.2. The van der Waals surface area contributed by atoms with Crippen molar-refractivity contribution >= 4 is 50.9 Å². The first kappa shape index (κ1) is 24.6. The van der Waals surface area contributed by atoms with E-state index in [0.717, 1.165) is 59.6 Å².